The molecule has 0 atom stereocenters. The normalized spacial score (nSPS) is 16.0. The molecule has 0 radical (unpaired) electrons. The van der Waals surface area contributed by atoms with Crippen molar-refractivity contribution >= 4 is 22.3 Å². The van der Waals surface area contributed by atoms with E-state index < -0.39 is 0 Å². The van der Waals surface area contributed by atoms with E-state index in [1.165, 1.54) is 36.8 Å². The molecule has 29 heavy (non-hydrogen) atoms. The van der Waals surface area contributed by atoms with Gasteiger partial charge in [0.25, 0.3) is 0 Å². The zero-order valence-electron chi connectivity index (χ0n) is 18.1. The number of nitrogens with zero attached hydrogens (tertiary/aromatic N) is 3. The number of nitrogens with one attached hydrogen (secondary N) is 1. The number of hydrogen-bond acceptors (Lipinski definition) is 4. The van der Waals surface area contributed by atoms with Crippen LogP contribution >= 0.6 is 0 Å². The van der Waals surface area contributed by atoms with Gasteiger partial charge in [-0.25, -0.2) is 4.98 Å². The number of piperidine rings is 1. The number of likely N-dealkylation sites (tertiary alicyclic amines) is 1. The van der Waals surface area contributed by atoms with Gasteiger partial charge in [0.1, 0.15) is 5.82 Å². The molecule has 1 aromatic carbocycles. The van der Waals surface area contributed by atoms with Crippen molar-refractivity contribution in [3.8, 4) is 0 Å². The van der Waals surface area contributed by atoms with Gasteiger partial charge in [-0.15, -0.1) is 0 Å². The highest BCUT2D eigenvalue weighted by Crippen LogP contribution is 2.27. The van der Waals surface area contributed by atoms with Gasteiger partial charge in [0.05, 0.1) is 0 Å². The van der Waals surface area contributed by atoms with Crippen LogP contribution in [0.5, 0.6) is 0 Å². The van der Waals surface area contributed by atoms with E-state index in [4.69, 9.17) is 0 Å². The van der Waals surface area contributed by atoms with Crippen LogP contribution in [0.1, 0.15) is 38.7 Å². The Bertz CT molecular complexity index is 891. The Morgan fingerprint density at radius 2 is 2.03 bits per heavy atom. The van der Waals surface area contributed by atoms with Crippen molar-refractivity contribution in [1.29, 1.82) is 0 Å². The summed E-state index contributed by atoms with van der Waals surface area (Å²) in [5, 5.41) is 5.78. The van der Waals surface area contributed by atoms with E-state index in [9.17, 15) is 0 Å². The lowest BCUT2D eigenvalue weighted by molar-refractivity contribution is 0.200. The van der Waals surface area contributed by atoms with Crippen molar-refractivity contribution in [2.45, 2.75) is 33.1 Å². The second kappa shape index (κ2) is 9.75. The maximum Gasteiger partial charge on any atom is 0.130 e. The monoisotopic (exact) mass is 390 g/mol. The molecule has 1 saturated heterocycles. The van der Waals surface area contributed by atoms with Gasteiger partial charge in [0.15, 0.2) is 0 Å². The van der Waals surface area contributed by atoms with E-state index in [2.05, 4.69) is 72.5 Å². The fourth-order valence-electron chi connectivity index (χ4n) is 4.13. The molecule has 4 heteroatoms. The third-order valence-corrected chi connectivity index (χ3v) is 5.85. The van der Waals surface area contributed by atoms with Crippen LogP contribution in [0.15, 0.2) is 61.6 Å². The van der Waals surface area contributed by atoms with E-state index in [-0.39, 0.29) is 0 Å². The minimum Gasteiger partial charge on any atom is -0.351 e. The molecule has 1 aliphatic heterocycles. The lowest BCUT2D eigenvalue weighted by Gasteiger charge is -2.32. The van der Waals surface area contributed by atoms with Crippen LogP contribution in [0.2, 0.25) is 0 Å². The summed E-state index contributed by atoms with van der Waals surface area (Å²) in [7, 11) is 2.02. The molecule has 154 valence electrons. The number of allylic oxidation sites excluding steroid dienone is 2. The predicted molar refractivity (Wildman–Crippen MR) is 126 cm³/mol. The Kier molecular flexibility index (Phi) is 7.10. The van der Waals surface area contributed by atoms with Gasteiger partial charge < -0.3 is 15.1 Å². The highest BCUT2D eigenvalue weighted by molar-refractivity contribution is 5.87. The van der Waals surface area contributed by atoms with Gasteiger partial charge in [0, 0.05) is 35.9 Å². The molecule has 0 bridgehead atoms. The summed E-state index contributed by atoms with van der Waals surface area (Å²) in [6.07, 6.45) is 9.44. The first-order chi connectivity index (χ1) is 14.0. The van der Waals surface area contributed by atoms with Gasteiger partial charge in [-0.1, -0.05) is 38.3 Å². The van der Waals surface area contributed by atoms with Crippen molar-refractivity contribution in [2.24, 2.45) is 5.92 Å². The van der Waals surface area contributed by atoms with Crippen molar-refractivity contribution in [2.75, 3.05) is 32.0 Å². The van der Waals surface area contributed by atoms with Gasteiger partial charge in [0.2, 0.25) is 0 Å². The Morgan fingerprint density at radius 1 is 1.28 bits per heavy atom. The summed E-state index contributed by atoms with van der Waals surface area (Å²) < 4.78 is 0. The molecular formula is C25H34N4. The van der Waals surface area contributed by atoms with Crippen molar-refractivity contribution in [1.82, 2.24) is 14.8 Å². The second-order valence-electron chi connectivity index (χ2n) is 7.87. The van der Waals surface area contributed by atoms with Crippen molar-refractivity contribution in [3.63, 3.8) is 0 Å². The lowest BCUT2D eigenvalue weighted by atomic mass is 9.94. The smallest absolute Gasteiger partial charge is 0.130 e. The molecule has 4 nitrogen and oxygen atoms in total. The van der Waals surface area contributed by atoms with Gasteiger partial charge in [-0.3, -0.25) is 0 Å². The number of anilines is 1. The van der Waals surface area contributed by atoms with Crippen LogP contribution in [0.25, 0.3) is 16.5 Å². The Hall–Kier alpha value is -2.59. The first kappa shape index (κ1) is 21.1. The highest BCUT2D eigenvalue weighted by atomic mass is 15.1. The lowest BCUT2D eigenvalue weighted by Crippen LogP contribution is -2.35. The average molecular weight is 391 g/mol. The maximum absolute atomic E-state index is 4.61. The topological polar surface area (TPSA) is 31.4 Å². The van der Waals surface area contributed by atoms with E-state index in [0.29, 0.717) is 5.92 Å². The van der Waals surface area contributed by atoms with E-state index in [1.807, 2.05) is 24.3 Å². The quantitative estimate of drug-likeness (QED) is 0.625. The summed E-state index contributed by atoms with van der Waals surface area (Å²) >= 11 is 0. The standard InChI is InChI=1S/C25H34N4/c1-6-13-29-14-11-20(12-15-29)19(4)27-25-17-23-16-21(9-10-22(23)18-26-25)24(7-2)28(5)8-3/h7-10,16-18,20H,3-4,6,11-15H2,1-2,5H3,(H,26,27)/b24-7-. The molecule has 0 unspecified atom stereocenters. The van der Waals surface area contributed by atoms with Gasteiger partial charge in [-0.2, -0.15) is 0 Å². The molecule has 1 aromatic heterocycles. The molecule has 2 heterocycles. The number of fused-ring (bicyclic) bond motifs is 1. The van der Waals surface area contributed by atoms with Crippen molar-refractivity contribution < 1.29 is 0 Å². The van der Waals surface area contributed by atoms with Crippen LogP contribution in [0.4, 0.5) is 5.82 Å². The van der Waals surface area contributed by atoms with Crippen LogP contribution in [-0.2, 0) is 0 Å². The summed E-state index contributed by atoms with van der Waals surface area (Å²) in [6.45, 7) is 16.0. The summed E-state index contributed by atoms with van der Waals surface area (Å²) in [5.41, 5.74) is 3.39. The molecule has 0 saturated carbocycles. The third-order valence-electron chi connectivity index (χ3n) is 5.85. The Balaban J connectivity index is 1.73. The fraction of sp³-hybridized carbons (Fsp3) is 0.400. The first-order valence-corrected chi connectivity index (χ1v) is 10.7. The molecule has 1 fully saturated rings. The Labute approximate surface area is 175 Å². The highest BCUT2D eigenvalue weighted by Gasteiger charge is 2.21. The minimum atomic E-state index is 0.516. The van der Waals surface area contributed by atoms with Crippen LogP contribution in [0, 0.1) is 5.92 Å². The first-order valence-electron chi connectivity index (χ1n) is 10.7. The van der Waals surface area contributed by atoms with E-state index >= 15 is 0 Å². The SMILES string of the molecule is C=CN(C)/C(=C\C)c1ccc2cnc(NC(=C)C3CCN(CCC)CC3)cc2c1. The minimum absolute atomic E-state index is 0.516. The molecule has 0 amide bonds. The zero-order chi connectivity index (χ0) is 20.8. The van der Waals surface area contributed by atoms with E-state index in [1.54, 1.807) is 0 Å². The van der Waals surface area contributed by atoms with Crippen LogP contribution in [-0.4, -0.2) is 41.5 Å². The Morgan fingerprint density at radius 3 is 2.69 bits per heavy atom. The molecule has 2 aromatic rings. The number of aromatic nitrogens is 1. The van der Waals surface area contributed by atoms with Gasteiger partial charge >= 0.3 is 0 Å². The third kappa shape index (κ3) is 5.07. The zero-order valence-corrected chi connectivity index (χ0v) is 18.1. The summed E-state index contributed by atoms with van der Waals surface area (Å²) in [6, 6.07) is 8.59. The molecular weight excluding hydrogens is 356 g/mol. The fourth-order valence-corrected chi connectivity index (χ4v) is 4.13. The molecule has 1 N–H and O–H groups in total. The number of rotatable bonds is 8. The molecule has 1 aliphatic rings. The van der Waals surface area contributed by atoms with E-state index in [0.717, 1.165) is 35.7 Å². The largest absolute Gasteiger partial charge is 0.351 e. The molecule has 3 rings (SSSR count). The predicted octanol–water partition coefficient (Wildman–Crippen LogP) is 5.72. The second-order valence-corrected chi connectivity index (χ2v) is 7.87. The van der Waals surface area contributed by atoms with Gasteiger partial charge in [-0.05, 0) is 75.1 Å². The van der Waals surface area contributed by atoms with Crippen molar-refractivity contribution in [3.05, 3.63) is 67.2 Å². The maximum atomic E-state index is 4.61. The average Bonchev–Trinajstić information content (AvgIpc) is 2.74. The summed E-state index contributed by atoms with van der Waals surface area (Å²) in [4.78, 5) is 9.20. The summed E-state index contributed by atoms with van der Waals surface area (Å²) in [5.74, 6) is 1.39. The van der Waals surface area contributed by atoms with Crippen LogP contribution < -0.4 is 5.32 Å². The number of pyridine rings is 1. The van der Waals surface area contributed by atoms with Crippen LogP contribution in [0.3, 0.4) is 0 Å². The number of benzene rings is 1. The molecule has 0 aliphatic carbocycles. The molecule has 0 spiro atoms. The number of hydrogen-bond donors (Lipinski definition) is 1.